The van der Waals surface area contributed by atoms with Crippen LogP contribution < -0.4 is 14.8 Å². The highest BCUT2D eigenvalue weighted by Crippen LogP contribution is 2.27. The van der Waals surface area contributed by atoms with Gasteiger partial charge in [-0.3, -0.25) is 4.90 Å². The van der Waals surface area contributed by atoms with Gasteiger partial charge >= 0.3 is 6.03 Å². The Kier molecular flexibility index (Phi) is 8.67. The molecule has 7 nitrogen and oxygen atoms in total. The van der Waals surface area contributed by atoms with Crippen LogP contribution in [0.4, 0.5) is 4.79 Å². The molecule has 1 saturated heterocycles. The fourth-order valence-corrected chi connectivity index (χ4v) is 3.20. The number of amides is 2. The first-order valence-corrected chi connectivity index (χ1v) is 9.64. The Labute approximate surface area is 163 Å². The van der Waals surface area contributed by atoms with E-state index >= 15 is 0 Å². The van der Waals surface area contributed by atoms with Crippen LogP contribution in [0.2, 0.25) is 0 Å². The van der Waals surface area contributed by atoms with Crippen LogP contribution in [0.3, 0.4) is 0 Å². The topological polar surface area (TPSA) is 57.3 Å². The van der Waals surface area contributed by atoms with Gasteiger partial charge in [-0.05, 0) is 51.2 Å². The quantitative estimate of drug-likeness (QED) is 0.661. The minimum absolute atomic E-state index is 0.0632. The maximum Gasteiger partial charge on any atom is 0.317 e. The summed E-state index contributed by atoms with van der Waals surface area (Å²) in [6.07, 6.45) is 1.93. The average Bonchev–Trinajstić information content (AvgIpc) is 2.69. The molecule has 7 heteroatoms. The van der Waals surface area contributed by atoms with E-state index in [1.807, 2.05) is 31.1 Å². The second-order valence-electron chi connectivity index (χ2n) is 7.16. The van der Waals surface area contributed by atoms with Gasteiger partial charge in [0.25, 0.3) is 0 Å². The number of benzene rings is 1. The van der Waals surface area contributed by atoms with Gasteiger partial charge in [0, 0.05) is 39.3 Å². The van der Waals surface area contributed by atoms with Gasteiger partial charge in [-0.2, -0.15) is 0 Å². The average molecular weight is 379 g/mol. The smallest absolute Gasteiger partial charge is 0.317 e. The number of ether oxygens (including phenoxy) is 2. The summed E-state index contributed by atoms with van der Waals surface area (Å²) < 4.78 is 10.7. The third-order valence-corrected chi connectivity index (χ3v) is 4.88. The first kappa shape index (κ1) is 21.3. The van der Waals surface area contributed by atoms with E-state index in [0.717, 1.165) is 70.2 Å². The number of hydrogen-bond donors (Lipinski definition) is 1. The molecule has 1 aliphatic rings. The summed E-state index contributed by atoms with van der Waals surface area (Å²) in [5.41, 5.74) is 1.23. The SMILES string of the molecule is COc1ccc(CCN2CCN(C(=O)NCCCN(C)C)CC2)cc1OC. The summed E-state index contributed by atoms with van der Waals surface area (Å²) in [6, 6.07) is 6.13. The zero-order valence-corrected chi connectivity index (χ0v) is 17.2. The number of carbonyl (C=O) groups is 1. The number of hydrogen-bond acceptors (Lipinski definition) is 5. The molecule has 1 fully saturated rings. The number of nitrogens with zero attached hydrogens (tertiary/aromatic N) is 3. The van der Waals surface area contributed by atoms with Crippen molar-refractivity contribution in [3.63, 3.8) is 0 Å². The van der Waals surface area contributed by atoms with Gasteiger partial charge in [-0.25, -0.2) is 4.79 Å². The Hall–Kier alpha value is -1.99. The number of methoxy groups -OCH3 is 2. The van der Waals surface area contributed by atoms with Crippen LogP contribution in [-0.4, -0.2) is 94.9 Å². The predicted molar refractivity (Wildman–Crippen MR) is 108 cm³/mol. The fourth-order valence-electron chi connectivity index (χ4n) is 3.20. The third kappa shape index (κ3) is 6.92. The van der Waals surface area contributed by atoms with Crippen molar-refractivity contribution in [2.45, 2.75) is 12.8 Å². The Morgan fingerprint density at radius 3 is 2.44 bits per heavy atom. The van der Waals surface area contributed by atoms with Crippen molar-refractivity contribution < 1.29 is 14.3 Å². The van der Waals surface area contributed by atoms with Crippen molar-refractivity contribution in [1.82, 2.24) is 20.0 Å². The molecule has 1 heterocycles. The molecular weight excluding hydrogens is 344 g/mol. The molecule has 0 radical (unpaired) electrons. The lowest BCUT2D eigenvalue weighted by Crippen LogP contribution is -2.52. The van der Waals surface area contributed by atoms with Gasteiger partial charge in [-0.15, -0.1) is 0 Å². The second-order valence-corrected chi connectivity index (χ2v) is 7.16. The normalized spacial score (nSPS) is 15.1. The molecule has 0 aromatic heterocycles. The lowest BCUT2D eigenvalue weighted by molar-refractivity contribution is 0.140. The van der Waals surface area contributed by atoms with Crippen molar-refractivity contribution >= 4 is 6.03 Å². The summed E-state index contributed by atoms with van der Waals surface area (Å²) in [6.45, 7) is 6.10. The lowest BCUT2D eigenvalue weighted by Gasteiger charge is -2.34. The second kappa shape index (κ2) is 11.0. The van der Waals surface area contributed by atoms with E-state index in [0.29, 0.717) is 0 Å². The number of nitrogens with one attached hydrogen (secondary N) is 1. The maximum atomic E-state index is 12.2. The fraction of sp³-hybridized carbons (Fsp3) is 0.650. The first-order chi connectivity index (χ1) is 13.0. The summed E-state index contributed by atoms with van der Waals surface area (Å²) in [4.78, 5) is 18.7. The zero-order valence-electron chi connectivity index (χ0n) is 17.2. The molecular formula is C20H34N4O3. The molecule has 0 bridgehead atoms. The van der Waals surface area contributed by atoms with Gasteiger partial charge in [0.05, 0.1) is 14.2 Å². The monoisotopic (exact) mass is 378 g/mol. The number of rotatable bonds is 9. The largest absolute Gasteiger partial charge is 0.493 e. The Balaban J connectivity index is 1.69. The van der Waals surface area contributed by atoms with Crippen LogP contribution >= 0.6 is 0 Å². The highest BCUT2D eigenvalue weighted by Gasteiger charge is 2.20. The number of piperazine rings is 1. The molecule has 1 aromatic carbocycles. The molecule has 1 aromatic rings. The Morgan fingerprint density at radius 1 is 1.11 bits per heavy atom. The summed E-state index contributed by atoms with van der Waals surface area (Å²) in [5.74, 6) is 1.53. The molecule has 0 spiro atoms. The first-order valence-electron chi connectivity index (χ1n) is 9.64. The zero-order chi connectivity index (χ0) is 19.6. The molecule has 152 valence electrons. The molecule has 1 aliphatic heterocycles. The molecule has 2 rings (SSSR count). The Bertz CT molecular complexity index is 587. The molecule has 0 aliphatic carbocycles. The molecule has 0 atom stereocenters. The van der Waals surface area contributed by atoms with Crippen molar-refractivity contribution in [3.05, 3.63) is 23.8 Å². The van der Waals surface area contributed by atoms with Crippen LogP contribution in [0, 0.1) is 0 Å². The van der Waals surface area contributed by atoms with Gasteiger partial charge in [0.1, 0.15) is 0 Å². The summed E-state index contributed by atoms with van der Waals surface area (Å²) in [5, 5.41) is 3.02. The van der Waals surface area contributed by atoms with Gasteiger partial charge in [-0.1, -0.05) is 6.07 Å². The van der Waals surface area contributed by atoms with E-state index < -0.39 is 0 Å². The van der Waals surface area contributed by atoms with Crippen LogP contribution in [0.5, 0.6) is 11.5 Å². The lowest BCUT2D eigenvalue weighted by atomic mass is 10.1. The van der Waals surface area contributed by atoms with Crippen LogP contribution in [0.15, 0.2) is 18.2 Å². The van der Waals surface area contributed by atoms with E-state index in [4.69, 9.17) is 9.47 Å². The molecule has 27 heavy (non-hydrogen) atoms. The molecule has 0 unspecified atom stereocenters. The molecule has 2 amide bonds. The van der Waals surface area contributed by atoms with Gasteiger partial charge in [0.2, 0.25) is 0 Å². The van der Waals surface area contributed by atoms with Crippen molar-refractivity contribution in [1.29, 1.82) is 0 Å². The minimum Gasteiger partial charge on any atom is -0.493 e. The highest BCUT2D eigenvalue weighted by molar-refractivity contribution is 5.74. The summed E-state index contributed by atoms with van der Waals surface area (Å²) in [7, 11) is 7.40. The van der Waals surface area contributed by atoms with E-state index in [1.165, 1.54) is 5.56 Å². The molecule has 0 saturated carbocycles. The van der Waals surface area contributed by atoms with E-state index in [1.54, 1.807) is 14.2 Å². The number of carbonyl (C=O) groups excluding carboxylic acids is 1. The third-order valence-electron chi connectivity index (χ3n) is 4.88. The van der Waals surface area contributed by atoms with Crippen LogP contribution in [-0.2, 0) is 6.42 Å². The maximum absolute atomic E-state index is 12.2. The summed E-state index contributed by atoms with van der Waals surface area (Å²) >= 11 is 0. The van der Waals surface area contributed by atoms with Crippen molar-refractivity contribution in [2.24, 2.45) is 0 Å². The minimum atomic E-state index is 0.0632. The number of urea groups is 1. The Morgan fingerprint density at radius 2 is 1.81 bits per heavy atom. The van der Waals surface area contributed by atoms with Crippen LogP contribution in [0.1, 0.15) is 12.0 Å². The van der Waals surface area contributed by atoms with E-state index in [2.05, 4.69) is 21.2 Å². The van der Waals surface area contributed by atoms with Crippen molar-refractivity contribution in [2.75, 3.05) is 74.1 Å². The standard InChI is InChI=1S/C20H34N4O3/c1-22(2)10-5-9-21-20(25)24-14-12-23(13-15-24)11-8-17-6-7-18(26-3)19(16-17)27-4/h6-7,16H,5,8-15H2,1-4H3,(H,21,25). The van der Waals surface area contributed by atoms with Crippen LogP contribution in [0.25, 0.3) is 0 Å². The van der Waals surface area contributed by atoms with E-state index in [-0.39, 0.29) is 6.03 Å². The van der Waals surface area contributed by atoms with E-state index in [9.17, 15) is 4.79 Å². The van der Waals surface area contributed by atoms with Crippen molar-refractivity contribution in [3.8, 4) is 11.5 Å². The van der Waals surface area contributed by atoms with Gasteiger partial charge < -0.3 is 24.6 Å². The predicted octanol–water partition coefficient (Wildman–Crippen LogP) is 1.53. The highest BCUT2D eigenvalue weighted by atomic mass is 16.5. The molecule has 1 N–H and O–H groups in total. The van der Waals surface area contributed by atoms with Gasteiger partial charge in [0.15, 0.2) is 11.5 Å².